The fourth-order valence-electron chi connectivity index (χ4n) is 6.05. The molecule has 8 nitrogen and oxygen atoms in total. The molecule has 1 N–H and O–H groups in total. The third kappa shape index (κ3) is 7.42. The van der Waals surface area contributed by atoms with E-state index in [4.69, 9.17) is 9.47 Å². The van der Waals surface area contributed by atoms with Crippen LogP contribution in [-0.2, 0) is 6.54 Å². The number of aliphatic hydroxyl groups is 1. The van der Waals surface area contributed by atoms with E-state index in [1.807, 2.05) is 83.7 Å². The Labute approximate surface area is 261 Å². The van der Waals surface area contributed by atoms with E-state index in [0.29, 0.717) is 24.4 Å². The first-order chi connectivity index (χ1) is 21.2. The Balaban J connectivity index is 1.36. The van der Waals surface area contributed by atoms with Gasteiger partial charge >= 0.3 is 0 Å². The lowest BCUT2D eigenvalue weighted by Gasteiger charge is -2.40. The number of likely N-dealkylation sites (N-methyl/N-ethyl adjacent to an activating group) is 1. The molecule has 0 aromatic heterocycles. The van der Waals surface area contributed by atoms with Gasteiger partial charge in [0.15, 0.2) is 5.75 Å². The van der Waals surface area contributed by atoms with Crippen LogP contribution < -0.4 is 14.4 Å². The van der Waals surface area contributed by atoms with Crippen LogP contribution in [0.4, 0.5) is 5.69 Å². The molecule has 4 atom stereocenters. The maximum Gasteiger partial charge on any atom is 0.257 e. The van der Waals surface area contributed by atoms with Crippen molar-refractivity contribution < 1.29 is 19.4 Å². The predicted octanol–water partition coefficient (Wildman–Crippen LogP) is 6.09. The minimum absolute atomic E-state index is 0.0407. The van der Waals surface area contributed by atoms with E-state index in [1.165, 1.54) is 5.56 Å². The highest BCUT2D eigenvalue weighted by atomic mass is 16.5. The van der Waals surface area contributed by atoms with E-state index in [9.17, 15) is 9.90 Å². The van der Waals surface area contributed by atoms with Gasteiger partial charge in [-0.1, -0.05) is 43.3 Å². The summed E-state index contributed by atoms with van der Waals surface area (Å²) in [6.07, 6.45) is 2.56. The summed E-state index contributed by atoms with van der Waals surface area (Å²) >= 11 is 0. The molecular formula is C36H46N4O4. The number of hydrogen-bond acceptors (Lipinski definition) is 7. The maximum absolute atomic E-state index is 13.9. The third-order valence-corrected chi connectivity index (χ3v) is 8.71. The highest BCUT2D eigenvalue weighted by Crippen LogP contribution is 2.38. The number of aliphatic imine (C=N–C) groups is 1. The molecule has 44 heavy (non-hydrogen) atoms. The fourth-order valence-corrected chi connectivity index (χ4v) is 6.05. The van der Waals surface area contributed by atoms with Crippen molar-refractivity contribution in [1.29, 1.82) is 0 Å². The van der Waals surface area contributed by atoms with E-state index in [0.717, 1.165) is 43.1 Å². The zero-order valence-electron chi connectivity index (χ0n) is 26.6. The number of benzene rings is 3. The Kier molecular flexibility index (Phi) is 10.2. The number of nitrogens with zero attached hydrogens (tertiary/aromatic N) is 4. The molecule has 0 radical (unpaired) electrons. The van der Waals surface area contributed by atoms with Crippen molar-refractivity contribution in [2.75, 3.05) is 38.6 Å². The van der Waals surface area contributed by atoms with Gasteiger partial charge in [0.1, 0.15) is 23.8 Å². The molecular weight excluding hydrogens is 552 g/mol. The van der Waals surface area contributed by atoms with Crippen molar-refractivity contribution in [1.82, 2.24) is 9.80 Å². The van der Waals surface area contributed by atoms with Crippen molar-refractivity contribution in [2.45, 2.75) is 58.5 Å². The Bertz CT molecular complexity index is 1410. The lowest BCUT2D eigenvalue weighted by Crippen LogP contribution is -2.48. The third-order valence-electron chi connectivity index (χ3n) is 8.71. The molecule has 3 aromatic carbocycles. The number of para-hydroxylation sites is 2. The minimum atomic E-state index is -0.717. The van der Waals surface area contributed by atoms with Gasteiger partial charge < -0.3 is 24.4 Å². The molecule has 5 rings (SSSR count). The van der Waals surface area contributed by atoms with Crippen molar-refractivity contribution in [3.63, 3.8) is 0 Å². The van der Waals surface area contributed by atoms with Crippen LogP contribution in [0.3, 0.4) is 0 Å². The lowest BCUT2D eigenvalue weighted by atomic mass is 9.96. The van der Waals surface area contributed by atoms with Crippen LogP contribution in [0, 0.1) is 11.8 Å². The van der Waals surface area contributed by atoms with Crippen LogP contribution in [-0.4, -0.2) is 79.1 Å². The zero-order chi connectivity index (χ0) is 31.2. The standard InChI is InChI=1S/C36H46N4O4/c1-25(2)40-22-26(3)33(24-38(4)23-27-14-16-30(17-15-27)43-29-10-7-6-8-11-29)44-34-31(36(40)42)12-9-13-32(34)39(5)35(41)28-18-20-37-21-19-28/h6-17,20,25-26,28,33,35,41H,18-19,21-24H2,1-5H3/t26-,28?,33+,35?/m1/s1. The van der Waals surface area contributed by atoms with Gasteiger partial charge in [0.25, 0.3) is 5.91 Å². The fraction of sp³-hybridized carbons (Fsp3) is 0.444. The minimum Gasteiger partial charge on any atom is -0.486 e. The highest BCUT2D eigenvalue weighted by Gasteiger charge is 2.35. The quantitative estimate of drug-likeness (QED) is 0.285. The molecule has 0 saturated heterocycles. The number of amides is 1. The van der Waals surface area contributed by atoms with Crippen LogP contribution >= 0.6 is 0 Å². The van der Waals surface area contributed by atoms with Crippen LogP contribution in [0.5, 0.6) is 17.2 Å². The molecule has 2 aliphatic rings. The predicted molar refractivity (Wildman–Crippen MR) is 176 cm³/mol. The first kappa shape index (κ1) is 31.5. The first-order valence-corrected chi connectivity index (χ1v) is 15.7. The molecule has 0 spiro atoms. The summed E-state index contributed by atoms with van der Waals surface area (Å²) in [6, 6.07) is 23.7. The smallest absolute Gasteiger partial charge is 0.257 e. The van der Waals surface area contributed by atoms with Gasteiger partial charge in [-0.05, 0) is 81.9 Å². The lowest BCUT2D eigenvalue weighted by molar-refractivity contribution is 0.0427. The number of fused-ring (bicyclic) bond motifs is 1. The largest absolute Gasteiger partial charge is 0.486 e. The molecule has 2 heterocycles. The van der Waals surface area contributed by atoms with Crippen molar-refractivity contribution in [3.05, 3.63) is 83.9 Å². The number of ether oxygens (including phenoxy) is 2. The molecule has 0 aliphatic carbocycles. The molecule has 3 aromatic rings. The van der Waals surface area contributed by atoms with E-state index in [2.05, 4.69) is 49.8 Å². The summed E-state index contributed by atoms with van der Waals surface area (Å²) in [6.45, 7) is 9.00. The summed E-state index contributed by atoms with van der Waals surface area (Å²) < 4.78 is 12.8. The second-order valence-electron chi connectivity index (χ2n) is 12.5. The van der Waals surface area contributed by atoms with Gasteiger partial charge in [-0.25, -0.2) is 0 Å². The number of rotatable bonds is 10. The van der Waals surface area contributed by atoms with Gasteiger partial charge in [-0.2, -0.15) is 0 Å². The van der Waals surface area contributed by atoms with Crippen LogP contribution in [0.1, 0.15) is 49.5 Å². The van der Waals surface area contributed by atoms with Crippen molar-refractivity contribution in [2.24, 2.45) is 16.8 Å². The summed E-state index contributed by atoms with van der Waals surface area (Å²) in [5.74, 6) is 2.26. The average Bonchev–Trinajstić information content (AvgIpc) is 3.03. The number of aliphatic hydroxyl groups excluding tert-OH is 1. The van der Waals surface area contributed by atoms with E-state index >= 15 is 0 Å². The number of carbonyl (C=O) groups excluding carboxylic acids is 1. The Morgan fingerprint density at radius 3 is 2.43 bits per heavy atom. The normalized spacial score (nSPS) is 21.0. The summed E-state index contributed by atoms with van der Waals surface area (Å²) in [4.78, 5) is 24.3. The summed E-state index contributed by atoms with van der Waals surface area (Å²) in [5.41, 5.74) is 2.43. The molecule has 8 heteroatoms. The topological polar surface area (TPSA) is 77.8 Å². The van der Waals surface area contributed by atoms with Gasteiger partial charge in [0.2, 0.25) is 0 Å². The molecule has 234 valence electrons. The molecule has 2 aliphatic heterocycles. The van der Waals surface area contributed by atoms with Crippen molar-refractivity contribution >= 4 is 17.8 Å². The molecule has 0 saturated carbocycles. The monoisotopic (exact) mass is 598 g/mol. The maximum atomic E-state index is 13.9. The second-order valence-corrected chi connectivity index (χ2v) is 12.5. The first-order valence-electron chi connectivity index (χ1n) is 15.7. The van der Waals surface area contributed by atoms with Crippen LogP contribution in [0.2, 0.25) is 0 Å². The average molecular weight is 599 g/mol. The summed E-state index contributed by atoms with van der Waals surface area (Å²) in [7, 11) is 3.98. The Hall–Kier alpha value is -3.88. The number of hydrogen-bond donors (Lipinski definition) is 1. The Morgan fingerprint density at radius 2 is 1.75 bits per heavy atom. The second kappa shape index (κ2) is 14.3. The molecule has 0 bridgehead atoms. The van der Waals surface area contributed by atoms with Gasteiger partial charge in [0, 0.05) is 51.1 Å². The van der Waals surface area contributed by atoms with Crippen LogP contribution in [0.25, 0.3) is 0 Å². The van der Waals surface area contributed by atoms with E-state index in [1.54, 1.807) is 0 Å². The molecule has 2 unspecified atom stereocenters. The Morgan fingerprint density at radius 1 is 1.02 bits per heavy atom. The zero-order valence-corrected chi connectivity index (χ0v) is 26.6. The van der Waals surface area contributed by atoms with Gasteiger partial charge in [-0.3, -0.25) is 14.7 Å². The van der Waals surface area contributed by atoms with Crippen molar-refractivity contribution in [3.8, 4) is 17.2 Å². The number of carbonyl (C=O) groups is 1. The summed E-state index contributed by atoms with van der Waals surface area (Å²) in [5, 5.41) is 11.4. The SMILES string of the molecule is CC(C)N1C[C@@H](C)[C@H](CN(C)Cc2ccc(Oc3ccccc3)cc2)Oc2c(cccc2N(C)C(O)C2CC=NCC2)C1=O. The van der Waals surface area contributed by atoms with E-state index in [-0.39, 0.29) is 29.9 Å². The number of anilines is 1. The van der Waals surface area contributed by atoms with Crippen LogP contribution in [0.15, 0.2) is 77.8 Å². The molecule has 0 fully saturated rings. The molecule has 1 amide bonds. The van der Waals surface area contributed by atoms with Gasteiger partial charge in [0.05, 0.1) is 11.3 Å². The van der Waals surface area contributed by atoms with Gasteiger partial charge in [-0.15, -0.1) is 0 Å². The van der Waals surface area contributed by atoms with E-state index < -0.39 is 6.23 Å². The highest BCUT2D eigenvalue weighted by molar-refractivity contribution is 5.99.